The fraction of sp³-hybridized carbons (Fsp3) is 0.364. The van der Waals surface area contributed by atoms with Crippen LogP contribution in [0.15, 0.2) is 42.5 Å². The van der Waals surface area contributed by atoms with Gasteiger partial charge in [-0.05, 0) is 43.2 Å². The molecule has 0 aliphatic heterocycles. The summed E-state index contributed by atoms with van der Waals surface area (Å²) in [6.45, 7) is 4.23. The molecule has 29 heavy (non-hydrogen) atoms. The Kier molecular flexibility index (Phi) is 8.58. The van der Waals surface area contributed by atoms with Gasteiger partial charge in [0.15, 0.2) is 0 Å². The van der Waals surface area contributed by atoms with Crippen molar-refractivity contribution >= 4 is 23.4 Å². The van der Waals surface area contributed by atoms with Gasteiger partial charge >= 0.3 is 0 Å². The smallest absolute Gasteiger partial charge is 0.242 e. The topological polar surface area (TPSA) is 49.4 Å². The lowest BCUT2D eigenvalue weighted by atomic mass is 10.1. The first-order valence-corrected chi connectivity index (χ1v) is 9.95. The van der Waals surface area contributed by atoms with Crippen LogP contribution in [0, 0.1) is 11.6 Å². The number of hydrogen-bond acceptors (Lipinski definition) is 2. The number of nitrogens with one attached hydrogen (secondary N) is 1. The van der Waals surface area contributed by atoms with E-state index < -0.39 is 23.6 Å². The van der Waals surface area contributed by atoms with Gasteiger partial charge in [0.05, 0.1) is 6.42 Å². The molecule has 0 radical (unpaired) electrons. The average molecular weight is 423 g/mol. The minimum atomic E-state index is -0.782. The van der Waals surface area contributed by atoms with Crippen LogP contribution in [-0.4, -0.2) is 29.3 Å². The number of hydrogen-bond donors (Lipinski definition) is 1. The summed E-state index contributed by atoms with van der Waals surface area (Å²) in [5.41, 5.74) is 0.745. The minimum absolute atomic E-state index is 0.0851. The lowest BCUT2D eigenvalue weighted by Gasteiger charge is -2.29. The van der Waals surface area contributed by atoms with Gasteiger partial charge in [-0.1, -0.05) is 43.1 Å². The molecule has 0 bridgehead atoms. The van der Waals surface area contributed by atoms with Crippen molar-refractivity contribution in [3.8, 4) is 0 Å². The Bertz CT molecular complexity index is 823. The first kappa shape index (κ1) is 22.8. The monoisotopic (exact) mass is 422 g/mol. The number of benzene rings is 2. The summed E-state index contributed by atoms with van der Waals surface area (Å²) in [5, 5.41) is 2.96. The molecule has 2 rings (SSSR count). The maximum absolute atomic E-state index is 14.1. The second-order valence-corrected chi connectivity index (χ2v) is 7.25. The van der Waals surface area contributed by atoms with E-state index in [0.717, 1.165) is 12.8 Å². The summed E-state index contributed by atoms with van der Waals surface area (Å²) in [4.78, 5) is 26.9. The maximum atomic E-state index is 14.1. The zero-order valence-electron chi connectivity index (χ0n) is 16.6. The van der Waals surface area contributed by atoms with Crippen LogP contribution in [0.25, 0.3) is 0 Å². The first-order chi connectivity index (χ1) is 13.8. The quantitative estimate of drug-likeness (QED) is 0.605. The Morgan fingerprint density at radius 2 is 1.83 bits per heavy atom. The minimum Gasteiger partial charge on any atom is -0.354 e. The van der Waals surface area contributed by atoms with Crippen LogP contribution in [0.5, 0.6) is 0 Å². The highest BCUT2D eigenvalue weighted by Gasteiger charge is 2.27. The van der Waals surface area contributed by atoms with Crippen LogP contribution in [0.3, 0.4) is 0 Å². The highest BCUT2D eigenvalue weighted by Crippen LogP contribution is 2.21. The van der Waals surface area contributed by atoms with Crippen molar-refractivity contribution in [1.29, 1.82) is 0 Å². The summed E-state index contributed by atoms with van der Waals surface area (Å²) in [6.07, 6.45) is 1.48. The number of halogens is 3. The molecular weight excluding hydrogens is 398 g/mol. The number of unbranched alkanes of at least 4 members (excludes halogenated alkanes) is 1. The van der Waals surface area contributed by atoms with Crippen LogP contribution in [0.1, 0.15) is 37.8 Å². The van der Waals surface area contributed by atoms with Crippen molar-refractivity contribution in [2.45, 2.75) is 45.7 Å². The molecule has 156 valence electrons. The van der Waals surface area contributed by atoms with Gasteiger partial charge in [-0.25, -0.2) is 8.78 Å². The molecule has 0 heterocycles. The van der Waals surface area contributed by atoms with Gasteiger partial charge in [-0.15, -0.1) is 0 Å². The van der Waals surface area contributed by atoms with Gasteiger partial charge in [0.25, 0.3) is 0 Å². The van der Waals surface area contributed by atoms with Crippen LogP contribution < -0.4 is 5.32 Å². The Morgan fingerprint density at radius 1 is 1.14 bits per heavy atom. The molecule has 0 fully saturated rings. The van der Waals surface area contributed by atoms with Gasteiger partial charge in [-0.2, -0.15) is 0 Å². The Hall–Kier alpha value is -2.47. The second-order valence-electron chi connectivity index (χ2n) is 6.85. The predicted octanol–water partition coefficient (Wildman–Crippen LogP) is 4.49. The molecule has 0 aliphatic rings. The van der Waals surface area contributed by atoms with E-state index in [1.54, 1.807) is 19.1 Å². The SMILES string of the molecule is CCCCNC(=O)C(C)N(Cc1ccc(F)cc1)C(=O)Cc1c(F)cccc1Cl. The van der Waals surface area contributed by atoms with Gasteiger partial charge in [0, 0.05) is 23.7 Å². The summed E-state index contributed by atoms with van der Waals surface area (Å²) < 4.78 is 27.4. The van der Waals surface area contributed by atoms with Crippen molar-refractivity contribution in [2.24, 2.45) is 0 Å². The fourth-order valence-electron chi connectivity index (χ4n) is 2.86. The molecule has 0 spiro atoms. The van der Waals surface area contributed by atoms with Crippen molar-refractivity contribution in [3.63, 3.8) is 0 Å². The van der Waals surface area contributed by atoms with Crippen LogP contribution in [0.4, 0.5) is 8.78 Å². The largest absolute Gasteiger partial charge is 0.354 e. The normalized spacial score (nSPS) is 11.8. The standard InChI is InChI=1S/C22H25ClF2N2O2/c1-3-4-12-26-22(29)15(2)27(14-16-8-10-17(24)11-9-16)21(28)13-18-19(23)6-5-7-20(18)25/h5-11,15H,3-4,12-14H2,1-2H3,(H,26,29). The van der Waals surface area contributed by atoms with Crippen molar-refractivity contribution in [1.82, 2.24) is 10.2 Å². The number of amides is 2. The second kappa shape index (κ2) is 10.9. The van der Waals surface area contributed by atoms with E-state index in [4.69, 9.17) is 11.6 Å². The highest BCUT2D eigenvalue weighted by atomic mass is 35.5. The number of carbonyl (C=O) groups is 2. The van der Waals surface area contributed by atoms with E-state index in [2.05, 4.69) is 5.32 Å². The van der Waals surface area contributed by atoms with E-state index in [1.807, 2.05) is 6.92 Å². The van der Waals surface area contributed by atoms with Crippen LogP contribution in [-0.2, 0) is 22.6 Å². The molecule has 1 atom stereocenters. The fourth-order valence-corrected chi connectivity index (χ4v) is 3.09. The van der Waals surface area contributed by atoms with Gasteiger partial charge in [0.2, 0.25) is 11.8 Å². The summed E-state index contributed by atoms with van der Waals surface area (Å²) in [7, 11) is 0. The molecule has 2 aromatic rings. The Morgan fingerprint density at radius 3 is 2.45 bits per heavy atom. The molecule has 2 aromatic carbocycles. The molecule has 7 heteroatoms. The molecule has 2 amide bonds. The van der Waals surface area contributed by atoms with Crippen LogP contribution in [0.2, 0.25) is 5.02 Å². The summed E-state index contributed by atoms with van der Waals surface area (Å²) in [5.74, 6) is -1.71. The zero-order chi connectivity index (χ0) is 21.4. The third kappa shape index (κ3) is 6.53. The first-order valence-electron chi connectivity index (χ1n) is 9.58. The summed E-state index contributed by atoms with van der Waals surface area (Å²) >= 11 is 6.05. The highest BCUT2D eigenvalue weighted by molar-refractivity contribution is 6.31. The van der Waals surface area contributed by atoms with Gasteiger partial charge in [0.1, 0.15) is 17.7 Å². The van der Waals surface area contributed by atoms with Crippen LogP contribution >= 0.6 is 11.6 Å². The molecule has 0 aliphatic carbocycles. The zero-order valence-corrected chi connectivity index (χ0v) is 17.3. The molecule has 0 aromatic heterocycles. The third-order valence-corrected chi connectivity index (χ3v) is 5.01. The average Bonchev–Trinajstić information content (AvgIpc) is 2.70. The molecule has 1 N–H and O–H groups in total. The molecule has 0 saturated heterocycles. The molecule has 1 unspecified atom stereocenters. The number of carbonyl (C=O) groups excluding carboxylic acids is 2. The van der Waals surface area contributed by atoms with E-state index in [9.17, 15) is 18.4 Å². The summed E-state index contributed by atoms with van der Waals surface area (Å²) in [6, 6.07) is 9.11. The Labute approximate surface area is 174 Å². The number of rotatable bonds is 9. The van der Waals surface area contributed by atoms with Gasteiger partial charge < -0.3 is 10.2 Å². The maximum Gasteiger partial charge on any atom is 0.242 e. The van der Waals surface area contributed by atoms with Crippen molar-refractivity contribution < 1.29 is 18.4 Å². The lowest BCUT2D eigenvalue weighted by molar-refractivity contribution is -0.140. The molecule has 0 saturated carbocycles. The van der Waals surface area contributed by atoms with E-state index in [-0.39, 0.29) is 29.5 Å². The van der Waals surface area contributed by atoms with Crippen molar-refractivity contribution in [2.75, 3.05) is 6.54 Å². The Balaban J connectivity index is 2.23. The number of nitrogens with zero attached hydrogens (tertiary/aromatic N) is 1. The van der Waals surface area contributed by atoms with E-state index in [0.29, 0.717) is 12.1 Å². The van der Waals surface area contributed by atoms with Crippen molar-refractivity contribution in [3.05, 3.63) is 70.2 Å². The lowest BCUT2D eigenvalue weighted by Crippen LogP contribution is -2.48. The molecular formula is C22H25ClF2N2O2. The van der Waals surface area contributed by atoms with Gasteiger partial charge in [-0.3, -0.25) is 9.59 Å². The van der Waals surface area contributed by atoms with E-state index >= 15 is 0 Å². The van der Waals surface area contributed by atoms with E-state index in [1.165, 1.54) is 35.2 Å². The third-order valence-electron chi connectivity index (χ3n) is 4.65. The predicted molar refractivity (Wildman–Crippen MR) is 109 cm³/mol. The molecule has 4 nitrogen and oxygen atoms in total.